The number of likely N-dealkylation sites (N-methyl/N-ethyl adjacent to an activating group) is 1. The van der Waals surface area contributed by atoms with E-state index in [0.717, 1.165) is 37.5 Å². The second-order valence-corrected chi connectivity index (χ2v) is 7.78. The van der Waals surface area contributed by atoms with E-state index in [-0.39, 0.29) is 5.91 Å². The van der Waals surface area contributed by atoms with Gasteiger partial charge in [-0.2, -0.15) is 0 Å². The summed E-state index contributed by atoms with van der Waals surface area (Å²) in [6.45, 7) is 2.40. The summed E-state index contributed by atoms with van der Waals surface area (Å²) in [4.78, 5) is 35.4. The Morgan fingerprint density at radius 3 is 2.44 bits per heavy atom. The molecule has 0 aliphatic carbocycles. The monoisotopic (exact) mass is 389 g/mol. The quantitative estimate of drug-likeness (QED) is 0.842. The smallest absolute Gasteiger partial charge is 0.325 e. The van der Waals surface area contributed by atoms with Crippen molar-refractivity contribution in [3.63, 3.8) is 0 Å². The molecule has 1 aromatic carbocycles. The molecule has 0 bridgehead atoms. The molecule has 1 aromatic rings. The van der Waals surface area contributed by atoms with Crippen LogP contribution in [0.25, 0.3) is 0 Å². The fourth-order valence-corrected chi connectivity index (χ4v) is 4.13. The molecule has 0 spiro atoms. The maximum Gasteiger partial charge on any atom is 0.325 e. The van der Waals surface area contributed by atoms with E-state index >= 15 is 0 Å². The third kappa shape index (κ3) is 3.48. The van der Waals surface area contributed by atoms with Crippen molar-refractivity contribution in [2.24, 2.45) is 4.99 Å². The van der Waals surface area contributed by atoms with Gasteiger partial charge in [0.05, 0.1) is 0 Å². The Hall–Kier alpha value is -2.28. The number of guanidine groups is 1. The van der Waals surface area contributed by atoms with Crippen molar-refractivity contribution < 1.29 is 9.59 Å². The average Bonchev–Trinajstić information content (AvgIpc) is 2.83. The van der Waals surface area contributed by atoms with Gasteiger partial charge in [0.25, 0.3) is 5.91 Å². The highest BCUT2D eigenvalue weighted by Gasteiger charge is 2.49. The van der Waals surface area contributed by atoms with E-state index in [9.17, 15) is 9.59 Å². The van der Waals surface area contributed by atoms with Gasteiger partial charge in [-0.1, -0.05) is 36.6 Å². The zero-order chi connectivity index (χ0) is 19.0. The number of hydrogen-bond donors (Lipinski definition) is 1. The summed E-state index contributed by atoms with van der Waals surface area (Å²) in [5, 5.41) is 3.14. The molecule has 144 valence electrons. The number of rotatable bonds is 2. The number of benzene rings is 1. The molecule has 0 radical (unpaired) electrons. The number of nitrogens with zero attached hydrogens (tertiary/aromatic N) is 4. The molecule has 3 aliphatic rings. The first-order chi connectivity index (χ1) is 13.0. The minimum Gasteiger partial charge on any atom is -0.343 e. The number of hydrogen-bond acceptors (Lipinski definition) is 5. The Labute approximate surface area is 164 Å². The standard InChI is InChI=1S/C19H24ClN5O2/c1-23-16-15(17(26)22-19(23)27)25(12-13-6-8-14(20)9-7-13)18(21-16)24-10-4-2-3-5-11-24/h6-9,15-16H,2-5,10-12H2,1H3,(H,22,26,27). The van der Waals surface area contributed by atoms with Crippen molar-refractivity contribution in [1.82, 2.24) is 20.0 Å². The molecule has 7 nitrogen and oxygen atoms in total. The minimum atomic E-state index is -0.512. The number of carbonyl (C=O) groups excluding carboxylic acids is 2. The molecule has 3 heterocycles. The van der Waals surface area contributed by atoms with Gasteiger partial charge in [0.15, 0.2) is 18.2 Å². The maximum absolute atomic E-state index is 12.7. The van der Waals surface area contributed by atoms with Crippen LogP contribution in [0.3, 0.4) is 0 Å². The Balaban J connectivity index is 1.67. The van der Waals surface area contributed by atoms with Gasteiger partial charge in [-0.15, -0.1) is 0 Å². The van der Waals surface area contributed by atoms with Crippen LogP contribution in [0.15, 0.2) is 29.3 Å². The molecule has 27 heavy (non-hydrogen) atoms. The number of amides is 3. The molecule has 3 aliphatic heterocycles. The van der Waals surface area contributed by atoms with Crippen LogP contribution in [0.4, 0.5) is 4.79 Å². The van der Waals surface area contributed by atoms with Gasteiger partial charge in [0, 0.05) is 31.7 Å². The van der Waals surface area contributed by atoms with E-state index in [4.69, 9.17) is 16.6 Å². The first-order valence-electron chi connectivity index (χ1n) is 9.46. The topological polar surface area (TPSA) is 68.2 Å². The largest absolute Gasteiger partial charge is 0.343 e. The molecule has 1 N–H and O–H groups in total. The van der Waals surface area contributed by atoms with Gasteiger partial charge < -0.3 is 14.7 Å². The lowest BCUT2D eigenvalue weighted by molar-refractivity contribution is -0.127. The predicted molar refractivity (Wildman–Crippen MR) is 103 cm³/mol. The van der Waals surface area contributed by atoms with Crippen LogP contribution in [0.5, 0.6) is 0 Å². The zero-order valence-corrected chi connectivity index (χ0v) is 16.2. The summed E-state index contributed by atoms with van der Waals surface area (Å²) in [5.41, 5.74) is 1.05. The second kappa shape index (κ2) is 7.38. The highest BCUT2D eigenvalue weighted by atomic mass is 35.5. The van der Waals surface area contributed by atoms with Crippen molar-refractivity contribution in [3.05, 3.63) is 34.9 Å². The molecular weight excluding hydrogens is 366 g/mol. The first-order valence-corrected chi connectivity index (χ1v) is 9.84. The maximum atomic E-state index is 12.7. The van der Waals surface area contributed by atoms with Crippen molar-refractivity contribution in [1.29, 1.82) is 0 Å². The lowest BCUT2D eigenvalue weighted by Crippen LogP contribution is -2.64. The van der Waals surface area contributed by atoms with Crippen LogP contribution in [-0.2, 0) is 11.3 Å². The van der Waals surface area contributed by atoms with E-state index in [1.54, 1.807) is 7.05 Å². The number of aliphatic imine (C=N–C) groups is 1. The number of fused-ring (bicyclic) bond motifs is 1. The molecule has 2 fully saturated rings. The predicted octanol–water partition coefficient (Wildman–Crippen LogP) is 2.26. The molecule has 2 saturated heterocycles. The summed E-state index contributed by atoms with van der Waals surface area (Å²) in [5.74, 6) is 0.532. The van der Waals surface area contributed by atoms with Gasteiger partial charge in [-0.25, -0.2) is 9.79 Å². The van der Waals surface area contributed by atoms with Gasteiger partial charge in [-0.05, 0) is 30.5 Å². The highest BCUT2D eigenvalue weighted by Crippen LogP contribution is 2.28. The summed E-state index contributed by atoms with van der Waals surface area (Å²) in [6.07, 6.45) is 4.17. The molecule has 3 amide bonds. The summed E-state index contributed by atoms with van der Waals surface area (Å²) in [7, 11) is 1.69. The Bertz CT molecular complexity index is 758. The number of urea groups is 1. The van der Waals surface area contributed by atoms with Gasteiger partial charge in [0.2, 0.25) is 0 Å². The molecule has 2 atom stereocenters. The fraction of sp³-hybridized carbons (Fsp3) is 0.526. The molecule has 8 heteroatoms. The lowest BCUT2D eigenvalue weighted by Gasteiger charge is -2.37. The Kier molecular flexibility index (Phi) is 4.95. The highest BCUT2D eigenvalue weighted by molar-refractivity contribution is 6.30. The van der Waals surface area contributed by atoms with Crippen LogP contribution in [0.2, 0.25) is 5.02 Å². The Morgan fingerprint density at radius 2 is 1.78 bits per heavy atom. The molecule has 2 unspecified atom stereocenters. The van der Waals surface area contributed by atoms with Crippen molar-refractivity contribution in [3.8, 4) is 0 Å². The van der Waals surface area contributed by atoms with Gasteiger partial charge in [-0.3, -0.25) is 10.1 Å². The number of imide groups is 1. The summed E-state index contributed by atoms with van der Waals surface area (Å²) in [6, 6.07) is 6.72. The number of halogens is 1. The number of likely N-dealkylation sites (tertiary alicyclic amines) is 1. The van der Waals surface area contributed by atoms with Crippen LogP contribution >= 0.6 is 11.6 Å². The molecular formula is C19H24ClN5O2. The molecule has 0 saturated carbocycles. The lowest BCUT2D eigenvalue weighted by atomic mass is 10.1. The van der Waals surface area contributed by atoms with Gasteiger partial charge in [0.1, 0.15) is 0 Å². The minimum absolute atomic E-state index is 0.286. The van der Waals surface area contributed by atoms with Crippen molar-refractivity contribution >= 4 is 29.5 Å². The average molecular weight is 390 g/mol. The third-order valence-electron chi connectivity index (χ3n) is 5.49. The van der Waals surface area contributed by atoms with E-state index in [1.807, 2.05) is 29.2 Å². The normalized spacial score (nSPS) is 25.9. The van der Waals surface area contributed by atoms with Crippen LogP contribution < -0.4 is 5.32 Å². The molecule has 0 aromatic heterocycles. The SMILES string of the molecule is CN1C(=O)NC(=O)C2C1N=C(N1CCCCCC1)N2Cc1ccc(Cl)cc1. The summed E-state index contributed by atoms with van der Waals surface area (Å²) >= 11 is 6.01. The van der Waals surface area contributed by atoms with E-state index < -0.39 is 18.2 Å². The van der Waals surface area contributed by atoms with E-state index in [1.165, 1.54) is 17.7 Å². The van der Waals surface area contributed by atoms with Crippen molar-refractivity contribution in [2.75, 3.05) is 20.1 Å². The molecule has 4 rings (SSSR count). The van der Waals surface area contributed by atoms with Crippen LogP contribution in [-0.4, -0.2) is 64.9 Å². The van der Waals surface area contributed by atoms with Crippen molar-refractivity contribution in [2.45, 2.75) is 44.4 Å². The van der Waals surface area contributed by atoms with Crippen LogP contribution in [0.1, 0.15) is 31.2 Å². The zero-order valence-electron chi connectivity index (χ0n) is 15.4. The fourth-order valence-electron chi connectivity index (χ4n) is 4.00. The first kappa shape index (κ1) is 18.1. The number of carbonyl (C=O) groups is 2. The van der Waals surface area contributed by atoms with Crippen LogP contribution in [0, 0.1) is 0 Å². The van der Waals surface area contributed by atoms with Gasteiger partial charge >= 0.3 is 6.03 Å². The van der Waals surface area contributed by atoms with E-state index in [0.29, 0.717) is 11.6 Å². The second-order valence-electron chi connectivity index (χ2n) is 7.35. The Morgan fingerprint density at radius 1 is 1.11 bits per heavy atom. The third-order valence-corrected chi connectivity index (χ3v) is 5.75. The number of nitrogens with one attached hydrogen (secondary N) is 1. The summed E-state index contributed by atoms with van der Waals surface area (Å²) < 4.78 is 0. The van der Waals surface area contributed by atoms with E-state index in [2.05, 4.69) is 10.2 Å².